The van der Waals surface area contributed by atoms with Crippen LogP contribution in [0.15, 0.2) is 12.1 Å². The van der Waals surface area contributed by atoms with E-state index >= 15 is 0 Å². The van der Waals surface area contributed by atoms with Crippen molar-refractivity contribution in [3.63, 3.8) is 0 Å². The van der Waals surface area contributed by atoms with E-state index in [9.17, 15) is 4.79 Å². The van der Waals surface area contributed by atoms with Crippen molar-refractivity contribution >= 4 is 14.4 Å². The first-order chi connectivity index (χ1) is 13.4. The zero-order valence-corrected chi connectivity index (χ0v) is 21.6. The van der Waals surface area contributed by atoms with Crippen LogP contribution in [-0.2, 0) is 22.2 Å². The smallest absolute Gasteiger partial charge is 0.419 e. The first-order valence-corrected chi connectivity index (χ1v) is 13.6. The largest absolute Gasteiger partial charge is 0.443 e. The predicted molar refractivity (Wildman–Crippen MR) is 125 cm³/mol. The molecule has 1 heterocycles. The van der Waals surface area contributed by atoms with Crippen molar-refractivity contribution in [3.8, 4) is 0 Å². The molecular formula is C24H45NO3Si. The molecule has 0 spiro atoms. The second kappa shape index (κ2) is 10.8. The highest BCUT2D eigenvalue weighted by Crippen LogP contribution is 2.42. The lowest BCUT2D eigenvalue weighted by Gasteiger charge is -2.42. The van der Waals surface area contributed by atoms with Gasteiger partial charge in [0.05, 0.1) is 12.3 Å². The Balaban J connectivity index is 3.21. The van der Waals surface area contributed by atoms with Gasteiger partial charge < -0.3 is 9.16 Å². The summed E-state index contributed by atoms with van der Waals surface area (Å²) < 4.78 is 14.3. The summed E-state index contributed by atoms with van der Waals surface area (Å²) in [4.78, 5) is 13.0. The number of hydrogen-bond donors (Lipinski definition) is 0. The molecule has 0 saturated heterocycles. The van der Waals surface area contributed by atoms with Crippen molar-refractivity contribution in [2.24, 2.45) is 0 Å². The summed E-state index contributed by atoms with van der Waals surface area (Å²) >= 11 is 0. The monoisotopic (exact) mass is 423 g/mol. The molecule has 4 nitrogen and oxygen atoms in total. The Bertz CT molecular complexity index is 619. The van der Waals surface area contributed by atoms with Crippen molar-refractivity contribution in [2.75, 3.05) is 0 Å². The van der Waals surface area contributed by atoms with Gasteiger partial charge in [0.25, 0.3) is 0 Å². The lowest BCUT2D eigenvalue weighted by molar-refractivity contribution is 0.0521. The van der Waals surface area contributed by atoms with Crippen molar-refractivity contribution in [1.29, 1.82) is 0 Å². The topological polar surface area (TPSA) is 40.5 Å². The standard InChI is InChI=1S/C24H45NO3Si/c1-11-12-13-14-21-15-16-22(25(21)23(26)28-24(8,9)10)17-27-29(18(2)3,19(4)5)20(6)7/h15-16,18-20H,11-14,17H2,1-10H3. The van der Waals surface area contributed by atoms with Crippen molar-refractivity contribution < 1.29 is 14.0 Å². The maximum absolute atomic E-state index is 13.0. The van der Waals surface area contributed by atoms with Crippen molar-refractivity contribution in [3.05, 3.63) is 23.5 Å². The van der Waals surface area contributed by atoms with E-state index in [4.69, 9.17) is 9.16 Å². The highest BCUT2D eigenvalue weighted by Gasteiger charge is 2.45. The molecule has 29 heavy (non-hydrogen) atoms. The van der Waals surface area contributed by atoms with Crippen LogP contribution >= 0.6 is 0 Å². The molecule has 0 amide bonds. The maximum atomic E-state index is 13.0. The average molecular weight is 424 g/mol. The van der Waals surface area contributed by atoms with Crippen LogP contribution in [0, 0.1) is 0 Å². The van der Waals surface area contributed by atoms with E-state index in [1.54, 1.807) is 4.57 Å². The van der Waals surface area contributed by atoms with Gasteiger partial charge in [0.15, 0.2) is 0 Å². The Morgan fingerprint density at radius 1 is 0.966 bits per heavy atom. The second-order valence-corrected chi connectivity index (χ2v) is 15.7. The molecule has 0 fully saturated rings. The summed E-state index contributed by atoms with van der Waals surface area (Å²) in [7, 11) is -2.00. The molecule has 0 radical (unpaired) electrons. The van der Waals surface area contributed by atoms with Crippen LogP contribution in [0.2, 0.25) is 16.6 Å². The van der Waals surface area contributed by atoms with Crippen LogP contribution in [-0.4, -0.2) is 24.6 Å². The van der Waals surface area contributed by atoms with E-state index in [2.05, 4.69) is 54.5 Å². The molecular weight excluding hydrogens is 378 g/mol. The number of aromatic nitrogens is 1. The number of nitrogens with zero attached hydrogens (tertiary/aromatic N) is 1. The Morgan fingerprint density at radius 2 is 1.48 bits per heavy atom. The highest BCUT2D eigenvalue weighted by molar-refractivity contribution is 6.77. The van der Waals surface area contributed by atoms with Gasteiger partial charge in [-0.05, 0) is 62.4 Å². The van der Waals surface area contributed by atoms with Gasteiger partial charge in [-0.25, -0.2) is 4.79 Å². The summed E-state index contributed by atoms with van der Waals surface area (Å²) in [5.74, 6) is 0. The normalized spacial score (nSPS) is 13.0. The minimum absolute atomic E-state index is 0.293. The fourth-order valence-electron chi connectivity index (χ4n) is 4.63. The number of ether oxygens (including phenoxy) is 1. The number of carbonyl (C=O) groups excluding carboxylic acids is 1. The van der Waals surface area contributed by atoms with E-state index in [1.165, 1.54) is 0 Å². The van der Waals surface area contributed by atoms with Crippen LogP contribution in [0.25, 0.3) is 0 Å². The minimum atomic E-state index is -2.00. The summed E-state index contributed by atoms with van der Waals surface area (Å²) in [6.07, 6.45) is 3.99. The van der Waals surface area contributed by atoms with Crippen LogP contribution in [0.4, 0.5) is 4.79 Å². The number of unbranched alkanes of at least 4 members (excludes halogenated alkanes) is 2. The number of aryl methyl sites for hydroxylation is 1. The van der Waals surface area contributed by atoms with Crippen molar-refractivity contribution in [1.82, 2.24) is 4.57 Å². The lowest BCUT2D eigenvalue weighted by Crippen LogP contribution is -2.47. The third-order valence-electron chi connectivity index (χ3n) is 5.83. The minimum Gasteiger partial charge on any atom is -0.443 e. The molecule has 0 aliphatic heterocycles. The molecule has 1 aromatic heterocycles. The van der Waals surface area contributed by atoms with Crippen molar-refractivity contribution in [2.45, 2.75) is 124 Å². The summed E-state index contributed by atoms with van der Waals surface area (Å²) in [6.45, 7) is 22.1. The zero-order valence-electron chi connectivity index (χ0n) is 20.6. The number of rotatable bonds is 10. The summed E-state index contributed by atoms with van der Waals surface area (Å²) in [6, 6.07) is 4.12. The molecule has 0 N–H and O–H groups in total. The number of carbonyl (C=O) groups is 1. The third kappa shape index (κ3) is 6.71. The van der Waals surface area contributed by atoms with Gasteiger partial charge in [-0.2, -0.15) is 0 Å². The molecule has 0 aliphatic carbocycles. The van der Waals surface area contributed by atoms with Gasteiger partial charge in [-0.3, -0.25) is 4.57 Å². The van der Waals surface area contributed by atoms with E-state index in [1.807, 2.05) is 26.8 Å². The lowest BCUT2D eigenvalue weighted by atomic mass is 10.1. The van der Waals surface area contributed by atoms with Crippen LogP contribution in [0.1, 0.15) is 99.9 Å². The number of hydrogen-bond acceptors (Lipinski definition) is 3. The Kier molecular flexibility index (Phi) is 9.67. The molecule has 1 aromatic rings. The van der Waals surface area contributed by atoms with Gasteiger partial charge in [0, 0.05) is 5.69 Å². The fourth-order valence-corrected chi connectivity index (χ4v) is 10.0. The molecule has 0 atom stereocenters. The summed E-state index contributed by atoms with van der Waals surface area (Å²) in [5, 5.41) is 0. The zero-order chi connectivity index (χ0) is 22.4. The molecule has 0 aromatic carbocycles. The SMILES string of the molecule is CCCCCc1ccc(CO[Si](C(C)C)(C(C)C)C(C)C)n1C(=O)OC(C)(C)C. The predicted octanol–water partition coefficient (Wildman–Crippen LogP) is 7.70. The van der Waals surface area contributed by atoms with Crippen LogP contribution in [0.5, 0.6) is 0 Å². The molecule has 0 unspecified atom stereocenters. The van der Waals surface area contributed by atoms with Crippen LogP contribution < -0.4 is 0 Å². The van der Waals surface area contributed by atoms with Crippen LogP contribution in [0.3, 0.4) is 0 Å². The maximum Gasteiger partial charge on any atom is 0.419 e. The molecule has 0 saturated carbocycles. The van der Waals surface area contributed by atoms with Gasteiger partial charge in [-0.1, -0.05) is 61.3 Å². The molecule has 1 rings (SSSR count). The average Bonchev–Trinajstić information content (AvgIpc) is 2.96. The van der Waals surface area contributed by atoms with E-state index < -0.39 is 13.9 Å². The second-order valence-electron chi connectivity index (χ2n) is 10.2. The Hall–Kier alpha value is -1.07. The fraction of sp³-hybridized carbons (Fsp3) is 0.792. The first kappa shape index (κ1) is 26.0. The first-order valence-electron chi connectivity index (χ1n) is 11.4. The molecule has 0 aliphatic rings. The molecule has 5 heteroatoms. The van der Waals surface area contributed by atoms with E-state index in [0.717, 1.165) is 37.1 Å². The highest BCUT2D eigenvalue weighted by atomic mass is 28.4. The Morgan fingerprint density at radius 3 is 1.93 bits per heavy atom. The van der Waals surface area contributed by atoms with Gasteiger partial charge >= 0.3 is 6.09 Å². The third-order valence-corrected chi connectivity index (χ3v) is 11.9. The Labute approximate surface area is 180 Å². The van der Waals surface area contributed by atoms with Gasteiger partial charge in [-0.15, -0.1) is 0 Å². The molecule has 0 bridgehead atoms. The van der Waals surface area contributed by atoms with E-state index in [-0.39, 0.29) is 6.09 Å². The van der Waals surface area contributed by atoms with E-state index in [0.29, 0.717) is 23.2 Å². The van der Waals surface area contributed by atoms with Gasteiger partial charge in [0.2, 0.25) is 8.32 Å². The molecule has 168 valence electrons. The summed E-state index contributed by atoms with van der Waals surface area (Å²) in [5.41, 5.74) is 2.94. The quantitative estimate of drug-likeness (QED) is 0.286. The van der Waals surface area contributed by atoms with Gasteiger partial charge in [0.1, 0.15) is 5.60 Å².